The van der Waals surface area contributed by atoms with Gasteiger partial charge in [-0.05, 0) is 62.3 Å². The summed E-state index contributed by atoms with van der Waals surface area (Å²) in [6.45, 7) is 3.84. The van der Waals surface area contributed by atoms with E-state index in [0.717, 1.165) is 42.0 Å². The van der Waals surface area contributed by atoms with E-state index in [-0.39, 0.29) is 28.9 Å². The van der Waals surface area contributed by atoms with Crippen molar-refractivity contribution in [1.82, 2.24) is 19.7 Å². The summed E-state index contributed by atoms with van der Waals surface area (Å²) in [4.78, 5) is 26.4. The van der Waals surface area contributed by atoms with Gasteiger partial charge in [0.25, 0.3) is 5.91 Å². The van der Waals surface area contributed by atoms with Gasteiger partial charge in [-0.1, -0.05) is 38.3 Å². The van der Waals surface area contributed by atoms with Gasteiger partial charge in [-0.25, -0.2) is 13.6 Å². The zero-order valence-electron chi connectivity index (χ0n) is 22.1. The summed E-state index contributed by atoms with van der Waals surface area (Å²) in [5.74, 6) is -0.525. The molecule has 1 heterocycles. The molecule has 1 aromatic heterocycles. The second-order valence-corrected chi connectivity index (χ2v) is 10.6. The van der Waals surface area contributed by atoms with Crippen LogP contribution in [0, 0.1) is 17.6 Å². The molecule has 38 heavy (non-hydrogen) atoms. The molecule has 2 saturated carbocycles. The van der Waals surface area contributed by atoms with E-state index in [9.17, 15) is 14.0 Å². The number of hydrogen-bond acceptors (Lipinski definition) is 4. The van der Waals surface area contributed by atoms with Gasteiger partial charge in [-0.2, -0.15) is 4.68 Å². The SMILES string of the molecule is CCc1nn(-c2cc(OC(C)C3CCCCC3)c(C(=O)NC3(c4ccc(F)cc4)CC3)cc2F)c(=O)n1C. The number of aryl methyl sites for hydroxylation is 1. The summed E-state index contributed by atoms with van der Waals surface area (Å²) in [6.07, 6.45) is 7.23. The summed E-state index contributed by atoms with van der Waals surface area (Å²) < 4.78 is 37.8. The highest BCUT2D eigenvalue weighted by Crippen LogP contribution is 2.46. The normalized spacial score (nSPS) is 17.7. The summed E-state index contributed by atoms with van der Waals surface area (Å²) in [7, 11) is 1.59. The first-order chi connectivity index (χ1) is 18.2. The zero-order chi connectivity index (χ0) is 27.0. The highest BCUT2D eigenvalue weighted by atomic mass is 19.1. The average Bonchev–Trinajstić information content (AvgIpc) is 3.64. The molecule has 1 unspecified atom stereocenters. The van der Waals surface area contributed by atoms with Gasteiger partial charge in [0.1, 0.15) is 28.9 Å². The summed E-state index contributed by atoms with van der Waals surface area (Å²) in [5, 5.41) is 7.34. The molecule has 3 aromatic rings. The molecule has 0 aliphatic heterocycles. The Morgan fingerprint density at radius 2 is 1.84 bits per heavy atom. The lowest BCUT2D eigenvalue weighted by molar-refractivity contribution is 0.0910. The number of carbonyl (C=O) groups is 1. The van der Waals surface area contributed by atoms with Crippen molar-refractivity contribution < 1.29 is 18.3 Å². The van der Waals surface area contributed by atoms with Crippen molar-refractivity contribution in [2.24, 2.45) is 13.0 Å². The molecule has 7 nitrogen and oxygen atoms in total. The Hall–Kier alpha value is -3.49. The summed E-state index contributed by atoms with van der Waals surface area (Å²) in [6, 6.07) is 8.59. The second kappa shape index (κ2) is 10.3. The molecule has 2 aromatic carbocycles. The fourth-order valence-corrected chi connectivity index (χ4v) is 5.49. The van der Waals surface area contributed by atoms with Gasteiger partial charge in [-0.3, -0.25) is 9.36 Å². The minimum Gasteiger partial charge on any atom is -0.490 e. The van der Waals surface area contributed by atoms with E-state index in [4.69, 9.17) is 4.74 Å². The molecule has 5 rings (SSSR count). The number of benzene rings is 2. The molecule has 2 aliphatic rings. The van der Waals surface area contributed by atoms with Crippen LogP contribution in [0.3, 0.4) is 0 Å². The van der Waals surface area contributed by atoms with Crippen LogP contribution in [0.15, 0.2) is 41.2 Å². The number of amides is 1. The van der Waals surface area contributed by atoms with E-state index in [0.29, 0.717) is 31.0 Å². The number of nitrogens with one attached hydrogen (secondary N) is 1. The molecule has 0 radical (unpaired) electrons. The van der Waals surface area contributed by atoms with Crippen molar-refractivity contribution in [2.45, 2.75) is 76.9 Å². The molecule has 1 atom stereocenters. The van der Waals surface area contributed by atoms with Crippen molar-refractivity contribution in [3.05, 3.63) is 75.5 Å². The number of halogens is 2. The lowest BCUT2D eigenvalue weighted by Gasteiger charge is -2.29. The quantitative estimate of drug-likeness (QED) is 0.441. The molecule has 1 N–H and O–H groups in total. The van der Waals surface area contributed by atoms with Gasteiger partial charge in [-0.15, -0.1) is 5.10 Å². The first kappa shape index (κ1) is 26.1. The highest BCUT2D eigenvalue weighted by molar-refractivity contribution is 5.98. The third-order valence-corrected chi connectivity index (χ3v) is 8.03. The lowest BCUT2D eigenvalue weighted by atomic mass is 9.86. The van der Waals surface area contributed by atoms with Crippen LogP contribution in [-0.2, 0) is 19.0 Å². The molecule has 2 fully saturated rings. The van der Waals surface area contributed by atoms with Crippen LogP contribution in [0.5, 0.6) is 5.75 Å². The van der Waals surface area contributed by atoms with Gasteiger partial charge in [0.05, 0.1) is 17.2 Å². The van der Waals surface area contributed by atoms with E-state index < -0.39 is 23.0 Å². The van der Waals surface area contributed by atoms with Gasteiger partial charge in [0, 0.05) is 19.5 Å². The van der Waals surface area contributed by atoms with Crippen LogP contribution < -0.4 is 15.7 Å². The third kappa shape index (κ3) is 4.98. The molecule has 1 amide bonds. The van der Waals surface area contributed by atoms with Gasteiger partial charge in [0.2, 0.25) is 0 Å². The molecule has 0 bridgehead atoms. The Kier molecular flexibility index (Phi) is 7.11. The van der Waals surface area contributed by atoms with Gasteiger partial charge < -0.3 is 10.1 Å². The minimum absolute atomic E-state index is 0.0574. The average molecular weight is 525 g/mol. The standard InChI is InChI=1S/C29H34F2N4O3/c1-4-26-33-35(28(37)34(26)3)24-17-25(38-18(2)19-8-6-5-7-9-19)22(16-23(24)31)27(36)32-29(14-15-29)20-10-12-21(30)13-11-20/h10-13,16-19H,4-9,14-15H2,1-3H3,(H,32,36). The summed E-state index contributed by atoms with van der Waals surface area (Å²) in [5.41, 5.74) is -0.304. The van der Waals surface area contributed by atoms with E-state index in [1.54, 1.807) is 19.2 Å². The van der Waals surface area contributed by atoms with Crippen LogP contribution in [0.1, 0.15) is 80.5 Å². The Morgan fingerprint density at radius 1 is 1.16 bits per heavy atom. The fraction of sp³-hybridized carbons (Fsp3) is 0.483. The predicted molar refractivity (Wildman–Crippen MR) is 140 cm³/mol. The largest absolute Gasteiger partial charge is 0.490 e. The fourth-order valence-electron chi connectivity index (χ4n) is 5.49. The summed E-state index contributed by atoms with van der Waals surface area (Å²) >= 11 is 0. The van der Waals surface area contributed by atoms with Crippen molar-refractivity contribution in [2.75, 3.05) is 0 Å². The van der Waals surface area contributed by atoms with Crippen LogP contribution >= 0.6 is 0 Å². The second-order valence-electron chi connectivity index (χ2n) is 10.6. The monoisotopic (exact) mass is 524 g/mol. The maximum atomic E-state index is 15.5. The molecule has 2 aliphatic carbocycles. The molecular formula is C29H34F2N4O3. The van der Waals surface area contributed by atoms with Crippen molar-refractivity contribution in [3.63, 3.8) is 0 Å². The Balaban J connectivity index is 1.51. The van der Waals surface area contributed by atoms with Crippen molar-refractivity contribution >= 4 is 5.91 Å². The van der Waals surface area contributed by atoms with Crippen LogP contribution in [0.25, 0.3) is 5.69 Å². The molecule has 0 spiro atoms. The highest BCUT2D eigenvalue weighted by Gasteiger charge is 2.46. The molecule has 202 valence electrons. The lowest BCUT2D eigenvalue weighted by Crippen LogP contribution is -2.36. The number of hydrogen-bond donors (Lipinski definition) is 1. The van der Waals surface area contributed by atoms with E-state index in [2.05, 4.69) is 10.4 Å². The van der Waals surface area contributed by atoms with E-state index >= 15 is 4.39 Å². The van der Waals surface area contributed by atoms with Crippen LogP contribution in [0.2, 0.25) is 0 Å². The predicted octanol–water partition coefficient (Wildman–Crippen LogP) is 5.18. The Bertz CT molecular complexity index is 1390. The maximum Gasteiger partial charge on any atom is 0.350 e. The number of carbonyl (C=O) groups excluding carboxylic acids is 1. The van der Waals surface area contributed by atoms with Gasteiger partial charge >= 0.3 is 5.69 Å². The number of ether oxygens (including phenoxy) is 1. The topological polar surface area (TPSA) is 78.2 Å². The molecule has 9 heteroatoms. The van der Waals surface area contributed by atoms with Crippen LogP contribution in [0.4, 0.5) is 8.78 Å². The maximum absolute atomic E-state index is 15.5. The smallest absolute Gasteiger partial charge is 0.350 e. The Morgan fingerprint density at radius 3 is 2.45 bits per heavy atom. The number of nitrogens with zero attached hydrogens (tertiary/aromatic N) is 3. The Labute approximate surface area is 220 Å². The van der Waals surface area contributed by atoms with E-state index in [1.165, 1.54) is 29.2 Å². The van der Waals surface area contributed by atoms with Gasteiger partial charge in [0.15, 0.2) is 0 Å². The first-order valence-corrected chi connectivity index (χ1v) is 13.5. The minimum atomic E-state index is -0.748. The molecule has 0 saturated heterocycles. The first-order valence-electron chi connectivity index (χ1n) is 13.5. The third-order valence-electron chi connectivity index (χ3n) is 8.03. The number of aromatic nitrogens is 3. The van der Waals surface area contributed by atoms with E-state index in [1.807, 2.05) is 13.8 Å². The van der Waals surface area contributed by atoms with Crippen molar-refractivity contribution in [3.8, 4) is 11.4 Å². The molecular weight excluding hydrogens is 490 g/mol. The van der Waals surface area contributed by atoms with Crippen LogP contribution in [-0.4, -0.2) is 26.4 Å². The number of rotatable bonds is 8. The van der Waals surface area contributed by atoms with Crippen molar-refractivity contribution in [1.29, 1.82) is 0 Å². The zero-order valence-corrected chi connectivity index (χ0v) is 22.1.